The van der Waals surface area contributed by atoms with Crippen molar-refractivity contribution in [1.82, 2.24) is 9.55 Å². The summed E-state index contributed by atoms with van der Waals surface area (Å²) in [6.07, 6.45) is 4.52. The molecule has 1 N–H and O–H groups in total. The van der Waals surface area contributed by atoms with Gasteiger partial charge >= 0.3 is 0 Å². The second kappa shape index (κ2) is 5.54. The van der Waals surface area contributed by atoms with Crippen LogP contribution in [0, 0.1) is 0 Å². The van der Waals surface area contributed by atoms with E-state index in [0.29, 0.717) is 25.4 Å². The van der Waals surface area contributed by atoms with Gasteiger partial charge in [0.05, 0.1) is 6.10 Å². The van der Waals surface area contributed by atoms with E-state index in [9.17, 15) is 5.11 Å². The standard InChI is InChI=1S/C15H18N2O3/c1-17-7-6-16-15(17)5-3-12(18)11-2-4-13-14(10-11)20-9-8-19-13/h2,4,6-7,10,12,18H,3,5,8-9H2,1H3. The first-order valence-electron chi connectivity index (χ1n) is 6.78. The van der Waals surface area contributed by atoms with Crippen LogP contribution in [0.25, 0.3) is 0 Å². The zero-order chi connectivity index (χ0) is 13.9. The minimum absolute atomic E-state index is 0.525. The van der Waals surface area contributed by atoms with Gasteiger partial charge in [0, 0.05) is 25.9 Å². The number of hydrogen-bond acceptors (Lipinski definition) is 4. The van der Waals surface area contributed by atoms with Crippen molar-refractivity contribution >= 4 is 0 Å². The number of nitrogens with zero attached hydrogens (tertiary/aromatic N) is 2. The molecule has 0 spiro atoms. The van der Waals surface area contributed by atoms with Crippen molar-refractivity contribution in [3.63, 3.8) is 0 Å². The largest absolute Gasteiger partial charge is 0.486 e. The Morgan fingerprint density at radius 1 is 1.30 bits per heavy atom. The zero-order valence-electron chi connectivity index (χ0n) is 11.5. The summed E-state index contributed by atoms with van der Waals surface area (Å²) in [5.41, 5.74) is 0.850. The molecule has 1 aliphatic heterocycles. The van der Waals surface area contributed by atoms with Crippen LogP contribution in [-0.4, -0.2) is 27.9 Å². The molecule has 0 fully saturated rings. The number of benzene rings is 1. The molecule has 0 amide bonds. The molecule has 0 aliphatic carbocycles. The van der Waals surface area contributed by atoms with Gasteiger partial charge in [-0.05, 0) is 24.1 Å². The Hall–Kier alpha value is -2.01. The van der Waals surface area contributed by atoms with Crippen LogP contribution in [-0.2, 0) is 13.5 Å². The van der Waals surface area contributed by atoms with Gasteiger partial charge in [0.2, 0.25) is 0 Å². The fourth-order valence-corrected chi connectivity index (χ4v) is 2.34. The van der Waals surface area contributed by atoms with Crippen molar-refractivity contribution in [3.8, 4) is 11.5 Å². The Balaban J connectivity index is 1.67. The number of imidazole rings is 1. The maximum absolute atomic E-state index is 10.3. The van der Waals surface area contributed by atoms with Gasteiger partial charge in [-0.25, -0.2) is 4.98 Å². The molecule has 1 atom stereocenters. The Kier molecular flexibility index (Phi) is 3.60. The SMILES string of the molecule is Cn1ccnc1CCC(O)c1ccc2c(c1)OCCO2. The quantitative estimate of drug-likeness (QED) is 0.924. The van der Waals surface area contributed by atoms with Crippen LogP contribution in [0.5, 0.6) is 11.5 Å². The molecule has 0 saturated heterocycles. The fraction of sp³-hybridized carbons (Fsp3) is 0.400. The summed E-state index contributed by atoms with van der Waals surface area (Å²) in [6, 6.07) is 5.60. The monoisotopic (exact) mass is 274 g/mol. The zero-order valence-corrected chi connectivity index (χ0v) is 11.5. The van der Waals surface area contributed by atoms with E-state index in [1.165, 1.54) is 0 Å². The van der Waals surface area contributed by atoms with Crippen LogP contribution < -0.4 is 9.47 Å². The minimum atomic E-state index is -0.525. The summed E-state index contributed by atoms with van der Waals surface area (Å²) >= 11 is 0. The van der Waals surface area contributed by atoms with Gasteiger partial charge in [0.15, 0.2) is 11.5 Å². The predicted octanol–water partition coefficient (Wildman–Crippen LogP) is 1.86. The molecule has 1 aliphatic rings. The number of fused-ring (bicyclic) bond motifs is 1. The highest BCUT2D eigenvalue weighted by Gasteiger charge is 2.15. The molecule has 0 saturated carbocycles. The number of ether oxygens (including phenoxy) is 2. The van der Waals surface area contributed by atoms with Crippen LogP contribution in [0.4, 0.5) is 0 Å². The lowest BCUT2D eigenvalue weighted by atomic mass is 10.0. The van der Waals surface area contributed by atoms with Crippen LogP contribution in [0.2, 0.25) is 0 Å². The van der Waals surface area contributed by atoms with Crippen LogP contribution in [0.1, 0.15) is 23.9 Å². The smallest absolute Gasteiger partial charge is 0.161 e. The number of aliphatic hydroxyl groups excluding tert-OH is 1. The number of aryl methyl sites for hydroxylation is 2. The molecule has 2 heterocycles. The van der Waals surface area contributed by atoms with Crippen molar-refractivity contribution in [2.24, 2.45) is 7.05 Å². The average molecular weight is 274 g/mol. The molecule has 1 aromatic heterocycles. The summed E-state index contributed by atoms with van der Waals surface area (Å²) in [7, 11) is 1.96. The van der Waals surface area contributed by atoms with Crippen LogP contribution in [0.15, 0.2) is 30.6 Å². The van der Waals surface area contributed by atoms with E-state index in [0.717, 1.165) is 23.6 Å². The lowest BCUT2D eigenvalue weighted by Crippen LogP contribution is -2.15. The normalized spacial score (nSPS) is 15.1. The summed E-state index contributed by atoms with van der Waals surface area (Å²) in [6.45, 7) is 1.13. The molecule has 0 bridgehead atoms. The second-order valence-electron chi connectivity index (χ2n) is 4.91. The van der Waals surface area contributed by atoms with Crippen LogP contribution >= 0.6 is 0 Å². The lowest BCUT2D eigenvalue weighted by molar-refractivity contribution is 0.159. The summed E-state index contributed by atoms with van der Waals surface area (Å²) in [4.78, 5) is 4.26. The van der Waals surface area contributed by atoms with E-state index in [1.807, 2.05) is 36.0 Å². The van der Waals surface area contributed by atoms with E-state index in [-0.39, 0.29) is 0 Å². The Morgan fingerprint density at radius 3 is 2.85 bits per heavy atom. The fourth-order valence-electron chi connectivity index (χ4n) is 2.34. The molecule has 20 heavy (non-hydrogen) atoms. The molecule has 0 radical (unpaired) electrons. The van der Waals surface area contributed by atoms with Gasteiger partial charge in [-0.15, -0.1) is 0 Å². The van der Waals surface area contributed by atoms with E-state index in [2.05, 4.69) is 4.98 Å². The lowest BCUT2D eigenvalue weighted by Gasteiger charge is -2.20. The minimum Gasteiger partial charge on any atom is -0.486 e. The topological polar surface area (TPSA) is 56.5 Å². The Labute approximate surface area is 117 Å². The third kappa shape index (κ3) is 2.63. The highest BCUT2D eigenvalue weighted by Crippen LogP contribution is 2.33. The highest BCUT2D eigenvalue weighted by molar-refractivity contribution is 5.44. The van der Waals surface area contributed by atoms with E-state index < -0.39 is 6.10 Å². The molecular weight excluding hydrogens is 256 g/mol. The summed E-state index contributed by atoms with van der Waals surface area (Å²) in [5, 5.41) is 10.3. The van der Waals surface area contributed by atoms with Gasteiger partial charge in [0.25, 0.3) is 0 Å². The Bertz CT molecular complexity index is 595. The Morgan fingerprint density at radius 2 is 2.10 bits per heavy atom. The predicted molar refractivity (Wildman–Crippen MR) is 73.9 cm³/mol. The summed E-state index contributed by atoms with van der Waals surface area (Å²) in [5.74, 6) is 2.43. The van der Waals surface area contributed by atoms with Gasteiger partial charge < -0.3 is 19.1 Å². The molecule has 2 aromatic rings. The molecular formula is C15H18N2O3. The van der Waals surface area contributed by atoms with Gasteiger partial charge in [-0.2, -0.15) is 0 Å². The molecule has 5 heteroatoms. The molecule has 1 aromatic carbocycles. The van der Waals surface area contributed by atoms with Crippen molar-refractivity contribution in [2.75, 3.05) is 13.2 Å². The molecule has 1 unspecified atom stereocenters. The van der Waals surface area contributed by atoms with Crippen molar-refractivity contribution < 1.29 is 14.6 Å². The number of rotatable bonds is 4. The number of aliphatic hydroxyl groups is 1. The van der Waals surface area contributed by atoms with Gasteiger partial charge in [-0.3, -0.25) is 0 Å². The first kappa shape index (κ1) is 13.0. The third-order valence-corrected chi connectivity index (χ3v) is 3.51. The molecule has 3 rings (SSSR count). The second-order valence-corrected chi connectivity index (χ2v) is 4.91. The first-order valence-corrected chi connectivity index (χ1v) is 6.78. The number of aromatic nitrogens is 2. The van der Waals surface area contributed by atoms with Crippen molar-refractivity contribution in [2.45, 2.75) is 18.9 Å². The first-order chi connectivity index (χ1) is 9.74. The summed E-state index contributed by atoms with van der Waals surface area (Å²) < 4.78 is 13.0. The van der Waals surface area contributed by atoms with E-state index in [1.54, 1.807) is 6.20 Å². The third-order valence-electron chi connectivity index (χ3n) is 3.51. The van der Waals surface area contributed by atoms with Gasteiger partial charge in [0.1, 0.15) is 19.0 Å². The van der Waals surface area contributed by atoms with Gasteiger partial charge in [-0.1, -0.05) is 6.07 Å². The maximum Gasteiger partial charge on any atom is 0.161 e. The maximum atomic E-state index is 10.3. The average Bonchev–Trinajstić information content (AvgIpc) is 2.89. The number of hydrogen-bond donors (Lipinski definition) is 1. The van der Waals surface area contributed by atoms with E-state index >= 15 is 0 Å². The van der Waals surface area contributed by atoms with Crippen LogP contribution in [0.3, 0.4) is 0 Å². The van der Waals surface area contributed by atoms with Crippen molar-refractivity contribution in [3.05, 3.63) is 42.0 Å². The molecule has 5 nitrogen and oxygen atoms in total. The highest BCUT2D eigenvalue weighted by atomic mass is 16.6. The van der Waals surface area contributed by atoms with Crippen molar-refractivity contribution in [1.29, 1.82) is 0 Å². The molecule has 106 valence electrons. The van der Waals surface area contributed by atoms with E-state index in [4.69, 9.17) is 9.47 Å².